The first-order valence-corrected chi connectivity index (χ1v) is 13.6. The number of ketones is 1. The largest absolute Gasteiger partial charge is 0.493 e. The molecule has 0 heterocycles. The smallest absolute Gasteiger partial charge is 0.162 e. The first-order valence-electron chi connectivity index (χ1n) is 13.6. The molecule has 0 unspecified atom stereocenters. The van der Waals surface area contributed by atoms with Crippen LogP contribution in [0.4, 0.5) is 0 Å². The molecule has 36 heavy (non-hydrogen) atoms. The number of hydrogen-bond donors (Lipinski definition) is 0. The lowest BCUT2D eigenvalue weighted by Crippen LogP contribution is -2.02. The average Bonchev–Trinajstić information content (AvgIpc) is 2.92. The second-order valence-electron chi connectivity index (χ2n) is 9.47. The van der Waals surface area contributed by atoms with Gasteiger partial charge in [0.15, 0.2) is 5.78 Å². The van der Waals surface area contributed by atoms with Crippen LogP contribution >= 0.6 is 0 Å². The highest BCUT2D eigenvalue weighted by Crippen LogP contribution is 2.45. The van der Waals surface area contributed by atoms with Gasteiger partial charge in [-0.2, -0.15) is 0 Å². The predicted octanol–water partition coefficient (Wildman–Crippen LogP) is 9.39. The standard InChI is InChI=1S/C33H38O3/c1-4-7-8-9-14-29(34)26-15-18-28-25(23-26)17-20-31(36-22-6-3)33(28)32-27-13-11-10-12-24(27)16-19-30(32)35-21-5-2/h10-13,15-20,23H,4-9,14,21-22H2,1-3H3. The Kier molecular flexibility index (Phi) is 9.00. The van der Waals surface area contributed by atoms with Crippen molar-refractivity contribution in [3.63, 3.8) is 0 Å². The topological polar surface area (TPSA) is 35.5 Å². The van der Waals surface area contributed by atoms with Crippen molar-refractivity contribution >= 4 is 27.3 Å². The highest BCUT2D eigenvalue weighted by atomic mass is 16.5. The maximum atomic E-state index is 12.9. The molecule has 0 N–H and O–H groups in total. The highest BCUT2D eigenvalue weighted by molar-refractivity contribution is 6.11. The Hall–Kier alpha value is -3.33. The molecule has 0 saturated carbocycles. The number of rotatable bonds is 13. The highest BCUT2D eigenvalue weighted by Gasteiger charge is 2.20. The van der Waals surface area contributed by atoms with Crippen molar-refractivity contribution in [3.8, 4) is 22.6 Å². The van der Waals surface area contributed by atoms with Gasteiger partial charge in [0.05, 0.1) is 13.2 Å². The second kappa shape index (κ2) is 12.6. The molecule has 0 aliphatic rings. The molecular formula is C33H38O3. The number of benzene rings is 4. The number of unbranched alkanes of at least 4 members (excludes halogenated alkanes) is 3. The summed E-state index contributed by atoms with van der Waals surface area (Å²) in [4.78, 5) is 12.9. The molecule has 3 nitrogen and oxygen atoms in total. The van der Waals surface area contributed by atoms with E-state index in [0.717, 1.165) is 75.4 Å². The van der Waals surface area contributed by atoms with E-state index in [0.29, 0.717) is 19.6 Å². The maximum absolute atomic E-state index is 12.9. The molecule has 3 heteroatoms. The fourth-order valence-corrected chi connectivity index (χ4v) is 4.77. The summed E-state index contributed by atoms with van der Waals surface area (Å²) in [5.41, 5.74) is 2.87. The van der Waals surface area contributed by atoms with Gasteiger partial charge in [-0.3, -0.25) is 4.79 Å². The summed E-state index contributed by atoms with van der Waals surface area (Å²) in [7, 11) is 0. The van der Waals surface area contributed by atoms with Crippen LogP contribution < -0.4 is 9.47 Å². The molecule has 0 fully saturated rings. The van der Waals surface area contributed by atoms with Crippen LogP contribution in [0.3, 0.4) is 0 Å². The lowest BCUT2D eigenvalue weighted by atomic mass is 9.91. The number of fused-ring (bicyclic) bond motifs is 2. The van der Waals surface area contributed by atoms with Crippen molar-refractivity contribution in [3.05, 3.63) is 72.3 Å². The summed E-state index contributed by atoms with van der Waals surface area (Å²) in [6.07, 6.45) is 6.89. The molecule has 0 aliphatic carbocycles. The van der Waals surface area contributed by atoms with Gasteiger partial charge in [0.2, 0.25) is 0 Å². The number of hydrogen-bond acceptors (Lipinski definition) is 3. The zero-order valence-corrected chi connectivity index (χ0v) is 21.9. The average molecular weight is 483 g/mol. The van der Waals surface area contributed by atoms with Crippen LogP contribution in [0.5, 0.6) is 11.5 Å². The van der Waals surface area contributed by atoms with Gasteiger partial charge in [0, 0.05) is 23.1 Å². The quantitative estimate of drug-likeness (QED) is 0.141. The molecule has 4 rings (SSSR count). The summed E-state index contributed by atoms with van der Waals surface area (Å²) in [6.45, 7) is 7.72. The van der Waals surface area contributed by atoms with Gasteiger partial charge in [0.25, 0.3) is 0 Å². The first-order chi connectivity index (χ1) is 17.7. The van der Waals surface area contributed by atoms with E-state index in [1.165, 1.54) is 12.8 Å². The van der Waals surface area contributed by atoms with Crippen molar-refractivity contribution in [2.75, 3.05) is 13.2 Å². The van der Waals surface area contributed by atoms with Gasteiger partial charge >= 0.3 is 0 Å². The van der Waals surface area contributed by atoms with E-state index in [2.05, 4.69) is 69.3 Å². The molecule has 0 aliphatic heterocycles. The van der Waals surface area contributed by atoms with Gasteiger partial charge in [-0.1, -0.05) is 88.6 Å². The van der Waals surface area contributed by atoms with E-state index in [9.17, 15) is 4.79 Å². The Labute approximate surface area is 215 Å². The van der Waals surface area contributed by atoms with Crippen molar-refractivity contribution in [1.29, 1.82) is 0 Å². The molecule has 0 saturated heterocycles. The van der Waals surface area contributed by atoms with Gasteiger partial charge in [-0.15, -0.1) is 0 Å². The van der Waals surface area contributed by atoms with Crippen molar-refractivity contribution in [1.82, 2.24) is 0 Å². The summed E-state index contributed by atoms with van der Waals surface area (Å²) >= 11 is 0. The van der Waals surface area contributed by atoms with Gasteiger partial charge in [-0.05, 0) is 59.0 Å². The molecule has 4 aromatic carbocycles. The Balaban J connectivity index is 1.87. The van der Waals surface area contributed by atoms with Crippen LogP contribution in [-0.2, 0) is 0 Å². The predicted molar refractivity (Wildman–Crippen MR) is 152 cm³/mol. The number of carbonyl (C=O) groups is 1. The summed E-state index contributed by atoms with van der Waals surface area (Å²) in [5.74, 6) is 1.93. The Bertz CT molecular complexity index is 1320. The van der Waals surface area contributed by atoms with Crippen LogP contribution in [-0.4, -0.2) is 19.0 Å². The molecule has 0 spiro atoms. The monoisotopic (exact) mass is 482 g/mol. The second-order valence-corrected chi connectivity index (χ2v) is 9.47. The third-order valence-electron chi connectivity index (χ3n) is 6.63. The maximum Gasteiger partial charge on any atom is 0.162 e. The molecule has 0 amide bonds. The zero-order valence-electron chi connectivity index (χ0n) is 21.9. The molecule has 0 atom stereocenters. The third-order valence-corrected chi connectivity index (χ3v) is 6.63. The van der Waals surface area contributed by atoms with E-state index in [4.69, 9.17) is 9.47 Å². The Morgan fingerprint density at radius 3 is 1.94 bits per heavy atom. The fraction of sp³-hybridized carbons (Fsp3) is 0.364. The van der Waals surface area contributed by atoms with Gasteiger partial charge < -0.3 is 9.47 Å². The van der Waals surface area contributed by atoms with Crippen molar-refractivity contribution < 1.29 is 14.3 Å². The van der Waals surface area contributed by atoms with Crippen LogP contribution in [0.1, 0.15) is 76.1 Å². The normalized spacial score (nSPS) is 11.2. The minimum atomic E-state index is 0.220. The van der Waals surface area contributed by atoms with E-state index < -0.39 is 0 Å². The first kappa shape index (κ1) is 25.8. The molecule has 4 aromatic rings. The van der Waals surface area contributed by atoms with Crippen LogP contribution in [0, 0.1) is 0 Å². The lowest BCUT2D eigenvalue weighted by molar-refractivity contribution is 0.0979. The summed E-state index contributed by atoms with van der Waals surface area (Å²) in [6, 6.07) is 22.9. The van der Waals surface area contributed by atoms with Crippen LogP contribution in [0.15, 0.2) is 66.7 Å². The van der Waals surface area contributed by atoms with Crippen LogP contribution in [0.25, 0.3) is 32.7 Å². The molecular weight excluding hydrogens is 444 g/mol. The number of carbonyl (C=O) groups excluding carboxylic acids is 1. The van der Waals surface area contributed by atoms with E-state index in [1.807, 2.05) is 18.2 Å². The fourth-order valence-electron chi connectivity index (χ4n) is 4.77. The Morgan fingerprint density at radius 2 is 1.28 bits per heavy atom. The molecule has 0 bridgehead atoms. The van der Waals surface area contributed by atoms with Crippen LogP contribution in [0.2, 0.25) is 0 Å². The van der Waals surface area contributed by atoms with Crippen molar-refractivity contribution in [2.45, 2.75) is 65.7 Å². The van der Waals surface area contributed by atoms with Gasteiger partial charge in [0.1, 0.15) is 11.5 Å². The van der Waals surface area contributed by atoms with E-state index >= 15 is 0 Å². The lowest BCUT2D eigenvalue weighted by Gasteiger charge is -2.20. The minimum Gasteiger partial charge on any atom is -0.493 e. The SMILES string of the molecule is CCCCCCC(=O)c1ccc2c(-c3c(OCCC)ccc4ccccc34)c(OCCC)ccc2c1. The zero-order chi connectivity index (χ0) is 25.3. The number of Topliss-reactive ketones (excluding diaryl/α,β-unsaturated/α-hetero) is 1. The van der Waals surface area contributed by atoms with Crippen molar-refractivity contribution in [2.24, 2.45) is 0 Å². The van der Waals surface area contributed by atoms with E-state index in [-0.39, 0.29) is 5.78 Å². The minimum absolute atomic E-state index is 0.220. The summed E-state index contributed by atoms with van der Waals surface area (Å²) < 4.78 is 12.6. The molecule has 0 radical (unpaired) electrons. The molecule has 0 aromatic heterocycles. The number of ether oxygens (including phenoxy) is 2. The van der Waals surface area contributed by atoms with E-state index in [1.54, 1.807) is 0 Å². The Morgan fingerprint density at radius 1 is 0.639 bits per heavy atom. The third kappa shape index (κ3) is 5.73. The molecule has 188 valence electrons. The van der Waals surface area contributed by atoms with Gasteiger partial charge in [-0.25, -0.2) is 0 Å². The summed E-state index contributed by atoms with van der Waals surface area (Å²) in [5, 5.41) is 4.41.